The molecule has 6 aliphatic rings. The standard InChI is InChI=1S/C60H75N11O15S3Si3/c1-84-52(74)30-15-14-29-50(72)61-31-16-39-90(2,3)85-92(86-91(4,5)40-17-32-62-51(73)41-71(33-18-36-87(75,76)77,34-19-37-88(78,79)80)35-20-38-89(81,82)83)67-53-42-21-6-7-22-43(42)54(67)64-56-46-25-10-11-26-47(46)58(69(56)92)66-60-49-28-13-12-27-48(49)59(70(60)92)65-57-45-24-9-8-23-44(45)55(63-53)68(57)92/h6-13,21-28H,14-20,29-41H2,1-5H3,(H4-,61,62,72,73,75,76,77,78,79,80,81,82,83)/p+1. The maximum atomic E-state index is 14.5. The fourth-order valence-electron chi connectivity index (χ4n) is 15.2. The number of nitrogens with zero attached hydrogens (tertiary/aromatic N) is 9. The molecule has 1 spiro atoms. The maximum absolute atomic E-state index is 14.5. The molecule has 0 bridgehead atoms. The van der Waals surface area contributed by atoms with Crippen molar-refractivity contribution >= 4 is 129 Å². The number of rotatable bonds is 31. The van der Waals surface area contributed by atoms with Gasteiger partial charge in [0.1, 0.15) is 0 Å². The van der Waals surface area contributed by atoms with Gasteiger partial charge in [-0.15, -0.1) is 0 Å². The normalized spacial score (nSPS) is 17.6. The van der Waals surface area contributed by atoms with Crippen LogP contribution in [0.3, 0.4) is 0 Å². The third-order valence-electron chi connectivity index (χ3n) is 18.5. The van der Waals surface area contributed by atoms with E-state index in [1.165, 1.54) is 7.11 Å². The van der Waals surface area contributed by atoms with Crippen molar-refractivity contribution in [1.82, 2.24) is 19.1 Å². The molecule has 0 fully saturated rings. The van der Waals surface area contributed by atoms with Gasteiger partial charge in [0, 0.05) is 0 Å². The van der Waals surface area contributed by atoms with E-state index in [0.717, 1.165) is 43.8 Å². The predicted octanol–water partition coefficient (Wildman–Crippen LogP) is 5.16. The molecule has 0 unspecified atom stereocenters. The van der Waals surface area contributed by atoms with E-state index < -0.39 is 77.9 Å². The van der Waals surface area contributed by atoms with Crippen molar-refractivity contribution in [3.8, 4) is 0 Å². The van der Waals surface area contributed by atoms with E-state index in [9.17, 15) is 61.5 Å². The second-order valence-electron chi connectivity index (χ2n) is 26.0. The predicted molar refractivity (Wildman–Crippen MR) is 352 cm³/mol. The van der Waals surface area contributed by atoms with Crippen molar-refractivity contribution in [3.05, 3.63) is 130 Å². The number of aliphatic imine (C=N–C) groups is 2. The molecule has 4 aromatic carbocycles. The van der Waals surface area contributed by atoms with Crippen LogP contribution in [-0.2, 0) is 57.7 Å². The van der Waals surface area contributed by atoms with Crippen molar-refractivity contribution in [1.29, 1.82) is 0 Å². The van der Waals surface area contributed by atoms with Crippen molar-refractivity contribution in [2.45, 2.75) is 96.1 Å². The van der Waals surface area contributed by atoms with Gasteiger partial charge < -0.3 is 4.74 Å². The number of unbranched alkanes of at least 4 members (excludes halogenated alkanes) is 1. The number of aromatic nitrogens is 2. The topological polar surface area (TPSA) is 331 Å². The number of carbonyl (C=O) groups excluding carboxylic acids is 3. The van der Waals surface area contributed by atoms with Crippen molar-refractivity contribution in [2.75, 3.05) is 63.6 Å². The number of quaternary nitrogens is 1. The van der Waals surface area contributed by atoms with Crippen LogP contribution >= 0.6 is 0 Å². The summed E-state index contributed by atoms with van der Waals surface area (Å²) in [4.78, 5) is 62.9. The second-order valence-corrected chi connectivity index (χ2v) is 45.0. The number of amidine groups is 4. The van der Waals surface area contributed by atoms with Gasteiger partial charge in [0.15, 0.2) is 0 Å². The summed E-state index contributed by atoms with van der Waals surface area (Å²) in [6, 6.07) is 33.1. The van der Waals surface area contributed by atoms with Crippen molar-refractivity contribution < 1.29 is 79.2 Å². The van der Waals surface area contributed by atoms with Crippen LogP contribution in [0.15, 0.2) is 117 Å². The molecule has 32 heteroatoms. The Labute approximate surface area is 534 Å². The van der Waals surface area contributed by atoms with Crippen molar-refractivity contribution in [2.24, 2.45) is 20.0 Å². The van der Waals surface area contributed by atoms with E-state index in [4.69, 9.17) is 24.7 Å². The number of hydrogen-bond acceptors (Lipinski definition) is 16. The quantitative estimate of drug-likeness (QED) is 0.0123. The molecule has 0 aliphatic carbocycles. The molecule has 490 valence electrons. The average Bonchev–Trinajstić information content (AvgIpc) is 1.26. The van der Waals surface area contributed by atoms with Gasteiger partial charge in [0.25, 0.3) is 30.4 Å². The van der Waals surface area contributed by atoms with Crippen LogP contribution in [0, 0.1) is 0 Å². The summed E-state index contributed by atoms with van der Waals surface area (Å²) in [6.45, 7) is 8.36. The molecular weight excluding hydrogens is 1300 g/mol. The Kier molecular flexibility index (Phi) is 16.3. The molecule has 0 radical (unpaired) electrons. The summed E-state index contributed by atoms with van der Waals surface area (Å²) in [5.41, 5.74) is 4.27. The van der Waals surface area contributed by atoms with Gasteiger partial charge in [0.05, 0.1) is 7.11 Å². The van der Waals surface area contributed by atoms with Crippen LogP contribution in [0.2, 0.25) is 38.3 Å². The summed E-state index contributed by atoms with van der Waals surface area (Å²) < 4.78 is 133. The average molecular weight is 1370 g/mol. The minimum absolute atomic E-state index is 0.0791. The molecule has 2 amide bonds. The van der Waals surface area contributed by atoms with Crippen LogP contribution in [0.25, 0.3) is 21.5 Å². The first-order valence-electron chi connectivity index (χ1n) is 31.0. The zero-order valence-electron chi connectivity index (χ0n) is 51.9. The van der Waals surface area contributed by atoms with Crippen LogP contribution in [0.4, 0.5) is 11.6 Å². The molecule has 26 nitrogen and oxygen atoms in total. The number of benzene rings is 4. The zero-order chi connectivity index (χ0) is 65.5. The molecule has 92 heavy (non-hydrogen) atoms. The number of nitrogens with one attached hydrogen (secondary N) is 2. The molecular formula is C60H76N11O15S3Si3+. The van der Waals surface area contributed by atoms with Gasteiger partial charge in [-0.3, -0.25) is 18.5 Å². The monoisotopic (exact) mass is 1370 g/mol. The second kappa shape index (κ2) is 23.1. The fourth-order valence-corrected chi connectivity index (χ4v) is 38.9. The Morgan fingerprint density at radius 1 is 0.522 bits per heavy atom. The third-order valence-corrected chi connectivity index (χ3v) is 37.6. The van der Waals surface area contributed by atoms with Gasteiger partial charge in [-0.1, -0.05) is 0 Å². The zero-order valence-corrected chi connectivity index (χ0v) is 57.3. The Hall–Kier alpha value is -7.09. The van der Waals surface area contributed by atoms with Gasteiger partial charge in [-0.25, -0.2) is 0 Å². The molecule has 8 heterocycles. The minimum atomic E-state index is -7.17. The summed E-state index contributed by atoms with van der Waals surface area (Å²) in [7, 11) is -26.3. The van der Waals surface area contributed by atoms with E-state index in [1.54, 1.807) is 0 Å². The SMILES string of the molecule is COC(=O)CCCCC(=O)NCCC[Si](C)(C)O[Si-2]123(O[Si](C)(C)CCCNC(=O)C[N+](CCCS(=O)(=O)O)(CCCS(=O)(=O)O)CCCS(=O)(=O)O)n4c5c6ccccc6c4N=C4c6ccccc6C(=[N+]41)N=c1c4ccccc4c(n12)=NC1=[N+]3C(=N5)c2ccccc21. The summed E-state index contributed by atoms with van der Waals surface area (Å²) in [6.07, 6.45) is 1.77. The summed E-state index contributed by atoms with van der Waals surface area (Å²) >= 11 is 0. The molecule has 6 aliphatic heterocycles. The number of methoxy groups -OCH3 is 1. The van der Waals surface area contributed by atoms with E-state index in [1.807, 2.05) is 97.1 Å². The van der Waals surface area contributed by atoms with Crippen LogP contribution in [0.1, 0.15) is 80.0 Å². The summed E-state index contributed by atoms with van der Waals surface area (Å²) in [5, 5.41) is 9.36. The Balaban J connectivity index is 1.02. The van der Waals surface area contributed by atoms with Gasteiger partial charge >= 0.3 is 451 Å². The van der Waals surface area contributed by atoms with Crippen LogP contribution in [-0.4, -0.2) is 190 Å². The van der Waals surface area contributed by atoms with E-state index >= 15 is 0 Å². The van der Waals surface area contributed by atoms with E-state index in [0.29, 0.717) is 90.3 Å². The number of ether oxygens (including phenoxy) is 1. The van der Waals surface area contributed by atoms with Crippen LogP contribution < -0.4 is 21.6 Å². The Morgan fingerprint density at radius 3 is 1.34 bits per heavy atom. The van der Waals surface area contributed by atoms with Gasteiger partial charge in [-0.2, -0.15) is 25.3 Å². The number of hydrogen-bond donors (Lipinski definition) is 5. The number of fused-ring (bicyclic) bond motifs is 12. The van der Waals surface area contributed by atoms with Crippen LogP contribution in [0.5, 0.6) is 0 Å². The first-order valence-corrected chi connectivity index (χ1v) is 44.6. The molecule has 0 saturated carbocycles. The molecule has 0 atom stereocenters. The Morgan fingerprint density at radius 2 is 0.913 bits per heavy atom. The molecule has 0 saturated heterocycles. The number of carbonyl (C=O) groups is 3. The van der Waals surface area contributed by atoms with Crippen molar-refractivity contribution in [3.63, 3.8) is 0 Å². The van der Waals surface area contributed by atoms with E-state index in [-0.39, 0.29) is 81.2 Å². The first-order chi connectivity index (χ1) is 43.5. The molecule has 6 aromatic rings. The van der Waals surface area contributed by atoms with Gasteiger partial charge in [-0.05, 0) is 0 Å². The Bertz CT molecular complexity index is 4530. The molecule has 5 N–H and O–H groups in total. The number of amides is 2. The molecule has 2 aromatic heterocycles. The molecule has 12 rings (SSSR count). The fraction of sp³-hybridized carbons (Fsp3) is 0.417. The summed E-state index contributed by atoms with van der Waals surface area (Å²) in [5.74, 6) is 0.211. The van der Waals surface area contributed by atoms with Gasteiger partial charge in [0.2, 0.25) is 0 Å². The number of esters is 1. The third kappa shape index (κ3) is 10.8. The first kappa shape index (κ1) is 65.0. The van der Waals surface area contributed by atoms with E-state index in [2.05, 4.69) is 53.8 Å².